The van der Waals surface area contributed by atoms with Gasteiger partial charge in [-0.05, 0) is 27.9 Å². The second-order valence-electron chi connectivity index (χ2n) is 3.67. The molecule has 0 aliphatic heterocycles. The molecular formula is C11H10BrClN2. The van der Waals surface area contributed by atoms with Gasteiger partial charge < -0.3 is 0 Å². The maximum Gasteiger partial charge on any atom is 0.197 e. The van der Waals surface area contributed by atoms with E-state index in [0.29, 0.717) is 15.7 Å². The van der Waals surface area contributed by atoms with Crippen molar-refractivity contribution in [3.63, 3.8) is 0 Å². The van der Waals surface area contributed by atoms with Gasteiger partial charge in [0.25, 0.3) is 0 Å². The molecule has 1 aromatic heterocycles. The second kappa shape index (κ2) is 4.06. The minimum Gasteiger partial charge on any atom is -0.226 e. The Morgan fingerprint density at radius 1 is 1.27 bits per heavy atom. The molecule has 0 spiro atoms. The van der Waals surface area contributed by atoms with Gasteiger partial charge in [0.2, 0.25) is 0 Å². The molecule has 0 aliphatic carbocycles. The molecule has 78 valence electrons. The molecule has 0 atom stereocenters. The average Bonchev–Trinajstić information content (AvgIpc) is 2.18. The number of para-hydroxylation sites is 1. The van der Waals surface area contributed by atoms with Crippen LogP contribution in [0.5, 0.6) is 0 Å². The molecule has 15 heavy (non-hydrogen) atoms. The Balaban J connectivity index is 2.86. The number of rotatable bonds is 1. The van der Waals surface area contributed by atoms with E-state index in [1.165, 1.54) is 0 Å². The second-order valence-corrected chi connectivity index (χ2v) is 4.79. The molecule has 1 heterocycles. The molecule has 4 heteroatoms. The number of benzene rings is 1. The van der Waals surface area contributed by atoms with Crippen molar-refractivity contribution in [2.24, 2.45) is 0 Å². The zero-order valence-electron chi connectivity index (χ0n) is 8.46. The van der Waals surface area contributed by atoms with Crippen molar-refractivity contribution >= 4 is 38.4 Å². The molecule has 1 aromatic carbocycles. The summed E-state index contributed by atoms with van der Waals surface area (Å²) in [5, 5.41) is 1.69. The minimum absolute atomic E-state index is 0.352. The summed E-state index contributed by atoms with van der Waals surface area (Å²) < 4.78 is 0.590. The van der Waals surface area contributed by atoms with Crippen LogP contribution in [-0.2, 0) is 0 Å². The average molecular weight is 286 g/mol. The van der Waals surface area contributed by atoms with Crippen molar-refractivity contribution in [1.82, 2.24) is 9.97 Å². The Kier molecular flexibility index (Phi) is 2.94. The van der Waals surface area contributed by atoms with E-state index in [0.717, 1.165) is 16.6 Å². The molecule has 0 radical (unpaired) electrons. The van der Waals surface area contributed by atoms with Crippen LogP contribution in [0.3, 0.4) is 0 Å². The van der Waals surface area contributed by atoms with Crippen LogP contribution in [0.4, 0.5) is 0 Å². The molecule has 0 aliphatic rings. The van der Waals surface area contributed by atoms with Crippen LogP contribution in [-0.4, -0.2) is 9.97 Å². The molecule has 2 rings (SSSR count). The Morgan fingerprint density at radius 2 is 2.00 bits per heavy atom. The standard InChI is InChI=1S/C11H10BrClN2/c1-6(2)9-7-4-3-5-8(13)10(7)15-11(12)14-9/h3-6H,1-2H3. The maximum atomic E-state index is 6.09. The molecule has 0 bridgehead atoms. The fourth-order valence-electron chi connectivity index (χ4n) is 1.55. The molecule has 0 saturated heterocycles. The Bertz CT molecular complexity index is 511. The van der Waals surface area contributed by atoms with E-state index in [9.17, 15) is 0 Å². The van der Waals surface area contributed by atoms with E-state index in [-0.39, 0.29) is 0 Å². The van der Waals surface area contributed by atoms with Gasteiger partial charge >= 0.3 is 0 Å². The van der Waals surface area contributed by atoms with Crippen molar-refractivity contribution in [2.45, 2.75) is 19.8 Å². The van der Waals surface area contributed by atoms with Gasteiger partial charge in [0.05, 0.1) is 16.2 Å². The predicted octanol–water partition coefficient (Wildman–Crippen LogP) is 4.17. The number of aromatic nitrogens is 2. The molecule has 0 fully saturated rings. The van der Waals surface area contributed by atoms with E-state index in [4.69, 9.17) is 11.6 Å². The van der Waals surface area contributed by atoms with E-state index in [2.05, 4.69) is 39.7 Å². The van der Waals surface area contributed by atoms with E-state index in [1.54, 1.807) is 0 Å². The van der Waals surface area contributed by atoms with Crippen LogP contribution < -0.4 is 0 Å². The van der Waals surface area contributed by atoms with Gasteiger partial charge in [-0.2, -0.15) is 0 Å². The fraction of sp³-hybridized carbons (Fsp3) is 0.273. The Morgan fingerprint density at radius 3 is 2.67 bits per heavy atom. The lowest BCUT2D eigenvalue weighted by Crippen LogP contribution is -1.97. The van der Waals surface area contributed by atoms with Crippen molar-refractivity contribution in [2.75, 3.05) is 0 Å². The van der Waals surface area contributed by atoms with Crippen LogP contribution in [0.15, 0.2) is 22.9 Å². The lowest BCUT2D eigenvalue weighted by atomic mass is 10.1. The first-order valence-corrected chi connectivity index (χ1v) is 5.88. The lowest BCUT2D eigenvalue weighted by Gasteiger charge is -2.09. The van der Waals surface area contributed by atoms with Gasteiger partial charge in [-0.1, -0.05) is 37.6 Å². The van der Waals surface area contributed by atoms with E-state index < -0.39 is 0 Å². The SMILES string of the molecule is CC(C)c1nc(Br)nc2c(Cl)cccc12. The van der Waals surface area contributed by atoms with Crippen molar-refractivity contribution in [3.05, 3.63) is 33.6 Å². The van der Waals surface area contributed by atoms with Gasteiger partial charge in [-0.25, -0.2) is 9.97 Å². The highest BCUT2D eigenvalue weighted by molar-refractivity contribution is 9.10. The molecule has 0 unspecified atom stereocenters. The van der Waals surface area contributed by atoms with Crippen LogP contribution in [0, 0.1) is 0 Å². The summed E-state index contributed by atoms with van der Waals surface area (Å²) >= 11 is 9.40. The molecule has 0 saturated carbocycles. The summed E-state index contributed by atoms with van der Waals surface area (Å²) in [6.07, 6.45) is 0. The smallest absolute Gasteiger partial charge is 0.197 e. The number of halogens is 2. The number of hydrogen-bond acceptors (Lipinski definition) is 2. The third-order valence-electron chi connectivity index (χ3n) is 2.23. The topological polar surface area (TPSA) is 25.8 Å². The largest absolute Gasteiger partial charge is 0.226 e. The summed E-state index contributed by atoms with van der Waals surface area (Å²) in [7, 11) is 0. The van der Waals surface area contributed by atoms with E-state index >= 15 is 0 Å². The van der Waals surface area contributed by atoms with Crippen molar-refractivity contribution < 1.29 is 0 Å². The van der Waals surface area contributed by atoms with Crippen molar-refractivity contribution in [1.29, 1.82) is 0 Å². The zero-order valence-corrected chi connectivity index (χ0v) is 10.8. The van der Waals surface area contributed by atoms with Crippen LogP contribution >= 0.6 is 27.5 Å². The van der Waals surface area contributed by atoms with E-state index in [1.807, 2.05) is 18.2 Å². The Hall–Kier alpha value is -0.670. The Labute approximate surface area is 102 Å². The highest BCUT2D eigenvalue weighted by Crippen LogP contribution is 2.28. The summed E-state index contributed by atoms with van der Waals surface area (Å²) in [6, 6.07) is 5.77. The third-order valence-corrected chi connectivity index (χ3v) is 2.89. The molecule has 2 aromatic rings. The van der Waals surface area contributed by atoms with Crippen LogP contribution in [0.25, 0.3) is 10.9 Å². The first kappa shape index (κ1) is 10.8. The normalized spacial score (nSPS) is 11.3. The first-order chi connectivity index (χ1) is 7.09. The number of hydrogen-bond donors (Lipinski definition) is 0. The van der Waals surface area contributed by atoms with Gasteiger partial charge in [0.15, 0.2) is 4.73 Å². The third kappa shape index (κ3) is 1.99. The van der Waals surface area contributed by atoms with Gasteiger partial charge in [0.1, 0.15) is 0 Å². The molecule has 2 nitrogen and oxygen atoms in total. The minimum atomic E-state index is 0.352. The fourth-order valence-corrected chi connectivity index (χ4v) is 2.14. The van der Waals surface area contributed by atoms with Crippen LogP contribution in [0.2, 0.25) is 5.02 Å². The van der Waals surface area contributed by atoms with Gasteiger partial charge in [-0.15, -0.1) is 0 Å². The maximum absolute atomic E-state index is 6.09. The highest BCUT2D eigenvalue weighted by atomic mass is 79.9. The monoisotopic (exact) mass is 284 g/mol. The lowest BCUT2D eigenvalue weighted by molar-refractivity contribution is 0.822. The van der Waals surface area contributed by atoms with Gasteiger partial charge in [-0.3, -0.25) is 0 Å². The van der Waals surface area contributed by atoms with Crippen LogP contribution in [0.1, 0.15) is 25.5 Å². The summed E-state index contributed by atoms with van der Waals surface area (Å²) in [6.45, 7) is 4.21. The highest BCUT2D eigenvalue weighted by Gasteiger charge is 2.11. The predicted molar refractivity (Wildman–Crippen MR) is 66.3 cm³/mol. The van der Waals surface area contributed by atoms with Gasteiger partial charge in [0, 0.05) is 5.39 Å². The summed E-state index contributed by atoms with van der Waals surface area (Å²) in [5.74, 6) is 0.352. The van der Waals surface area contributed by atoms with Crippen molar-refractivity contribution in [3.8, 4) is 0 Å². The first-order valence-electron chi connectivity index (χ1n) is 4.71. The molecule has 0 N–H and O–H groups in total. The number of nitrogens with zero attached hydrogens (tertiary/aromatic N) is 2. The number of fused-ring (bicyclic) bond motifs is 1. The zero-order chi connectivity index (χ0) is 11.0. The molecular weight excluding hydrogens is 275 g/mol. The summed E-state index contributed by atoms with van der Waals surface area (Å²) in [4.78, 5) is 8.68. The molecule has 0 amide bonds. The quantitative estimate of drug-likeness (QED) is 0.735. The summed E-state index contributed by atoms with van der Waals surface area (Å²) in [5.41, 5.74) is 1.83.